The first kappa shape index (κ1) is 22.9. The lowest BCUT2D eigenvalue weighted by atomic mass is 10.1. The maximum absolute atomic E-state index is 13.5. The van der Waals surface area contributed by atoms with E-state index in [1.165, 1.54) is 12.8 Å². The Morgan fingerprint density at radius 1 is 1.11 bits per heavy atom. The van der Waals surface area contributed by atoms with Crippen molar-refractivity contribution in [3.8, 4) is 22.8 Å². The van der Waals surface area contributed by atoms with E-state index in [1.54, 1.807) is 12.5 Å². The van der Waals surface area contributed by atoms with E-state index < -0.39 is 0 Å². The van der Waals surface area contributed by atoms with E-state index in [9.17, 15) is 4.79 Å². The monoisotopic (exact) mass is 512 g/mol. The number of pyridine rings is 1. The van der Waals surface area contributed by atoms with Crippen molar-refractivity contribution < 1.29 is 14.3 Å². The maximum atomic E-state index is 13.5. The summed E-state index contributed by atoms with van der Waals surface area (Å²) in [6.07, 6.45) is 9.57. The molecule has 5 heterocycles. The Hall–Kier alpha value is -4.25. The number of morpholine rings is 1. The van der Waals surface area contributed by atoms with Crippen molar-refractivity contribution in [1.82, 2.24) is 29.3 Å². The number of imidazole rings is 1. The van der Waals surface area contributed by atoms with Gasteiger partial charge in [0.2, 0.25) is 0 Å². The average molecular weight is 513 g/mol. The average Bonchev–Trinajstić information content (AvgIpc) is 3.51. The van der Waals surface area contributed by atoms with Gasteiger partial charge in [-0.2, -0.15) is 5.10 Å². The zero-order chi connectivity index (χ0) is 25.6. The molecule has 1 aromatic carbocycles. The molecule has 11 nitrogen and oxygen atoms in total. The van der Waals surface area contributed by atoms with E-state index in [0.717, 1.165) is 35.7 Å². The molecule has 2 fully saturated rings. The topological polar surface area (TPSA) is 112 Å². The van der Waals surface area contributed by atoms with Gasteiger partial charge in [0.25, 0.3) is 5.91 Å². The lowest BCUT2D eigenvalue weighted by Crippen LogP contribution is -2.37. The van der Waals surface area contributed by atoms with Crippen LogP contribution < -0.4 is 15.0 Å². The van der Waals surface area contributed by atoms with Crippen LogP contribution in [0.1, 0.15) is 47.9 Å². The van der Waals surface area contributed by atoms with Crippen LogP contribution in [-0.2, 0) is 4.74 Å². The van der Waals surface area contributed by atoms with Crippen LogP contribution in [0, 0.1) is 0 Å². The number of anilines is 2. The van der Waals surface area contributed by atoms with Crippen LogP contribution in [0.25, 0.3) is 17.1 Å². The lowest BCUT2D eigenvalue weighted by Gasteiger charge is -2.30. The van der Waals surface area contributed by atoms with Crippen molar-refractivity contribution in [3.63, 3.8) is 0 Å². The standard InChI is InChI=1S/C27H28N8O3/c1-17-14-38-25-19(26-29-15-31-35(17)26)3-2-4-20(25)32-27(36)21-11-23(34-13-22(30-16-34)18-5-6-18)24(12-28-21)33-7-9-37-10-8-33/h2-4,11-13,15-18H,5-10,14H2,1H3,(H,32,36)/t17-/m0/s1. The Morgan fingerprint density at radius 3 is 2.82 bits per heavy atom. The van der Waals surface area contributed by atoms with Crippen LogP contribution in [0.2, 0.25) is 0 Å². The molecule has 7 rings (SSSR count). The van der Waals surface area contributed by atoms with Crippen LogP contribution in [0.5, 0.6) is 5.75 Å². The fourth-order valence-electron chi connectivity index (χ4n) is 5.07. The third kappa shape index (κ3) is 4.08. The Kier molecular flexibility index (Phi) is 5.58. The van der Waals surface area contributed by atoms with Crippen molar-refractivity contribution in [2.24, 2.45) is 0 Å². The number of ether oxygens (including phenoxy) is 2. The third-order valence-corrected chi connectivity index (χ3v) is 7.29. The quantitative estimate of drug-likeness (QED) is 0.433. The molecule has 0 radical (unpaired) electrons. The van der Waals surface area contributed by atoms with Crippen LogP contribution >= 0.6 is 0 Å². The van der Waals surface area contributed by atoms with Crippen LogP contribution in [0.15, 0.2) is 49.3 Å². The zero-order valence-electron chi connectivity index (χ0n) is 21.1. The van der Waals surface area contributed by atoms with Gasteiger partial charge in [-0.05, 0) is 38.0 Å². The van der Waals surface area contributed by atoms with Gasteiger partial charge in [0, 0.05) is 25.2 Å². The molecule has 0 unspecified atom stereocenters. The van der Waals surface area contributed by atoms with Crippen molar-refractivity contribution in [2.45, 2.75) is 31.7 Å². The minimum Gasteiger partial charge on any atom is -0.488 e. The molecule has 1 atom stereocenters. The smallest absolute Gasteiger partial charge is 0.274 e. The van der Waals surface area contributed by atoms with Gasteiger partial charge >= 0.3 is 0 Å². The van der Waals surface area contributed by atoms with Gasteiger partial charge in [0.1, 0.15) is 18.6 Å². The predicted octanol–water partition coefficient (Wildman–Crippen LogP) is 3.45. The van der Waals surface area contributed by atoms with Gasteiger partial charge < -0.3 is 24.3 Å². The van der Waals surface area contributed by atoms with Gasteiger partial charge in [0.05, 0.1) is 60.1 Å². The molecule has 2 aliphatic heterocycles. The first-order valence-corrected chi connectivity index (χ1v) is 13.0. The molecule has 0 bridgehead atoms. The summed E-state index contributed by atoms with van der Waals surface area (Å²) in [5, 5.41) is 7.37. The summed E-state index contributed by atoms with van der Waals surface area (Å²) in [5.41, 5.74) is 4.57. The number of nitrogens with one attached hydrogen (secondary N) is 1. The fourth-order valence-corrected chi connectivity index (χ4v) is 5.07. The molecule has 1 aliphatic carbocycles. The van der Waals surface area contributed by atoms with Crippen LogP contribution in [0.4, 0.5) is 11.4 Å². The Morgan fingerprint density at radius 2 is 1.97 bits per heavy atom. The van der Waals surface area contributed by atoms with Crippen LogP contribution in [0.3, 0.4) is 0 Å². The summed E-state index contributed by atoms with van der Waals surface area (Å²) in [6.45, 7) is 5.28. The van der Waals surface area contributed by atoms with E-state index in [1.807, 2.05) is 46.8 Å². The highest BCUT2D eigenvalue weighted by Gasteiger charge is 2.28. The van der Waals surface area contributed by atoms with Gasteiger partial charge in [-0.25, -0.2) is 19.6 Å². The second kappa shape index (κ2) is 9.25. The van der Waals surface area contributed by atoms with Crippen molar-refractivity contribution in [1.29, 1.82) is 0 Å². The molecule has 38 heavy (non-hydrogen) atoms. The van der Waals surface area contributed by atoms with E-state index in [0.29, 0.717) is 48.7 Å². The molecule has 1 N–H and O–H groups in total. The molecule has 0 spiro atoms. The number of para-hydroxylation sites is 1. The van der Waals surface area contributed by atoms with Crippen molar-refractivity contribution in [3.05, 3.63) is 60.7 Å². The summed E-state index contributed by atoms with van der Waals surface area (Å²) >= 11 is 0. The SMILES string of the molecule is C[C@H]1COc2c(NC(=O)c3cc(-n4cnc(C5CC5)c4)c(N4CCOCC4)cn3)cccc2-c2ncnn21. The maximum Gasteiger partial charge on any atom is 0.274 e. The van der Waals surface area contributed by atoms with E-state index in [4.69, 9.17) is 9.47 Å². The van der Waals surface area contributed by atoms with Gasteiger partial charge in [0.15, 0.2) is 11.6 Å². The Bertz CT molecular complexity index is 1500. The number of amides is 1. The van der Waals surface area contributed by atoms with E-state index >= 15 is 0 Å². The fraction of sp³-hybridized carbons (Fsp3) is 0.370. The number of aromatic nitrogens is 6. The lowest BCUT2D eigenvalue weighted by molar-refractivity contribution is 0.102. The highest BCUT2D eigenvalue weighted by atomic mass is 16.5. The molecule has 4 aromatic rings. The minimum atomic E-state index is -0.321. The number of rotatable bonds is 5. The molecule has 194 valence electrons. The normalized spacial score (nSPS) is 18.8. The second-order valence-corrected chi connectivity index (χ2v) is 9.96. The summed E-state index contributed by atoms with van der Waals surface area (Å²) in [5.74, 6) is 1.50. The van der Waals surface area contributed by atoms with Gasteiger partial charge in [-0.15, -0.1) is 0 Å². The molecule has 1 saturated heterocycles. The summed E-state index contributed by atoms with van der Waals surface area (Å²) in [6, 6.07) is 7.47. The Balaban J connectivity index is 1.23. The number of nitrogens with zero attached hydrogens (tertiary/aromatic N) is 7. The number of hydrogen-bond donors (Lipinski definition) is 1. The van der Waals surface area contributed by atoms with E-state index in [2.05, 4.69) is 36.5 Å². The van der Waals surface area contributed by atoms with E-state index in [-0.39, 0.29) is 11.9 Å². The highest BCUT2D eigenvalue weighted by molar-refractivity contribution is 6.05. The Labute approximate surface area is 219 Å². The second-order valence-electron chi connectivity index (χ2n) is 9.96. The third-order valence-electron chi connectivity index (χ3n) is 7.29. The zero-order valence-corrected chi connectivity index (χ0v) is 21.1. The first-order chi connectivity index (χ1) is 18.7. The molecule has 3 aromatic heterocycles. The van der Waals surface area contributed by atoms with Crippen molar-refractivity contribution >= 4 is 17.3 Å². The predicted molar refractivity (Wildman–Crippen MR) is 140 cm³/mol. The largest absolute Gasteiger partial charge is 0.488 e. The number of benzene rings is 1. The number of hydrogen-bond acceptors (Lipinski definition) is 8. The molecular weight excluding hydrogens is 484 g/mol. The summed E-state index contributed by atoms with van der Waals surface area (Å²) in [4.78, 5) is 29.4. The molecule has 3 aliphatic rings. The van der Waals surface area contributed by atoms with Crippen LogP contribution in [-0.4, -0.2) is 68.1 Å². The minimum absolute atomic E-state index is 0.0103. The molecule has 1 amide bonds. The van der Waals surface area contributed by atoms with Crippen molar-refractivity contribution in [2.75, 3.05) is 43.1 Å². The molecule has 11 heteroatoms. The van der Waals surface area contributed by atoms with Gasteiger partial charge in [-0.3, -0.25) is 4.79 Å². The first-order valence-electron chi connectivity index (χ1n) is 13.0. The highest BCUT2D eigenvalue weighted by Crippen LogP contribution is 2.40. The molecule has 1 saturated carbocycles. The number of carbonyl (C=O) groups excluding carboxylic acids is 1. The number of fused-ring (bicyclic) bond motifs is 3. The molecular formula is C27H28N8O3. The summed E-state index contributed by atoms with van der Waals surface area (Å²) in [7, 11) is 0. The van der Waals surface area contributed by atoms with Gasteiger partial charge in [-0.1, -0.05) is 6.07 Å². The number of carbonyl (C=O) groups is 1. The summed E-state index contributed by atoms with van der Waals surface area (Å²) < 4.78 is 15.5.